The van der Waals surface area contributed by atoms with Crippen LogP contribution in [0, 0.1) is 0 Å². The fraction of sp³-hybridized carbons (Fsp3) is 0.565. The molecule has 2 aromatic rings. The summed E-state index contributed by atoms with van der Waals surface area (Å²) in [5, 5.41) is 7.17. The third-order valence-electron chi connectivity index (χ3n) is 7.05. The van der Waals surface area contributed by atoms with Gasteiger partial charge in [-0.25, -0.2) is 9.52 Å². The Morgan fingerprint density at radius 3 is 2.28 bits per heavy atom. The number of carbonyl (C=O) groups is 1. The number of anilines is 1. The number of amides is 2. The molecule has 1 aromatic heterocycles. The van der Waals surface area contributed by atoms with E-state index < -0.39 is 16.1 Å². The molecule has 1 heterocycles. The average molecular weight is 458 g/mol. The Labute approximate surface area is 189 Å². The predicted molar refractivity (Wildman–Crippen MR) is 122 cm³/mol. The molecular weight excluding hydrogens is 426 g/mol. The predicted octanol–water partition coefficient (Wildman–Crippen LogP) is 3.33. The zero-order valence-corrected chi connectivity index (χ0v) is 19.8. The van der Waals surface area contributed by atoms with E-state index in [0.29, 0.717) is 0 Å². The van der Waals surface area contributed by atoms with Crippen LogP contribution in [0.5, 0.6) is 0 Å². The fourth-order valence-electron chi connectivity index (χ4n) is 4.99. The average Bonchev–Trinajstić information content (AvgIpc) is 3.14. The lowest BCUT2D eigenvalue weighted by molar-refractivity contribution is 0.256. The minimum atomic E-state index is -4.09. The van der Waals surface area contributed by atoms with E-state index in [1.165, 1.54) is 22.3 Å². The molecule has 1 aromatic carbocycles. The maximum absolute atomic E-state index is 13.0. The van der Waals surface area contributed by atoms with Gasteiger partial charge < -0.3 is 10.2 Å². The van der Waals surface area contributed by atoms with E-state index in [1.54, 1.807) is 6.07 Å². The van der Waals surface area contributed by atoms with Crippen molar-refractivity contribution in [3.8, 4) is 0 Å². The second-order valence-corrected chi connectivity index (χ2v) is 11.1. The number of hydrogen-bond donors (Lipinski definition) is 2. The number of urea groups is 1. The van der Waals surface area contributed by atoms with Crippen LogP contribution < -0.4 is 10.0 Å². The van der Waals surface area contributed by atoms with Gasteiger partial charge in [0.1, 0.15) is 0 Å². The highest BCUT2D eigenvalue weighted by Crippen LogP contribution is 2.39. The summed E-state index contributed by atoms with van der Waals surface area (Å²) in [6.07, 6.45) is 7.99. The van der Waals surface area contributed by atoms with Crippen LogP contribution in [0.3, 0.4) is 0 Å². The summed E-state index contributed by atoms with van der Waals surface area (Å²) in [4.78, 5) is 14.9. The Morgan fingerprint density at radius 1 is 1.09 bits per heavy atom. The first-order valence-corrected chi connectivity index (χ1v) is 13.0. The van der Waals surface area contributed by atoms with Crippen molar-refractivity contribution >= 4 is 21.7 Å². The van der Waals surface area contributed by atoms with E-state index in [4.69, 9.17) is 0 Å². The lowest BCUT2D eigenvalue weighted by atomic mass is 9.99. The molecule has 0 aliphatic heterocycles. The van der Waals surface area contributed by atoms with Gasteiger partial charge in [0.05, 0.1) is 11.7 Å². The van der Waals surface area contributed by atoms with Gasteiger partial charge in [-0.05, 0) is 94.6 Å². The van der Waals surface area contributed by atoms with Crippen LogP contribution in [0.4, 0.5) is 10.5 Å². The first-order valence-electron chi connectivity index (χ1n) is 11.5. The Morgan fingerprint density at radius 2 is 1.72 bits per heavy atom. The number of aryl methyl sites for hydroxylation is 2. The van der Waals surface area contributed by atoms with E-state index in [-0.39, 0.29) is 17.1 Å². The molecule has 0 spiro atoms. The van der Waals surface area contributed by atoms with Crippen LogP contribution >= 0.6 is 0 Å². The molecule has 8 nitrogen and oxygen atoms in total. The van der Waals surface area contributed by atoms with Gasteiger partial charge in [0.25, 0.3) is 10.0 Å². The minimum Gasteiger partial charge on any atom is -0.307 e. The number of aromatic nitrogens is 2. The van der Waals surface area contributed by atoms with Gasteiger partial charge in [-0.1, -0.05) is 6.07 Å². The molecule has 2 N–H and O–H groups in total. The monoisotopic (exact) mass is 457 g/mol. The van der Waals surface area contributed by atoms with Crippen LogP contribution in [0.15, 0.2) is 17.2 Å². The fourth-order valence-corrected chi connectivity index (χ4v) is 5.86. The van der Waals surface area contributed by atoms with E-state index in [2.05, 4.69) is 21.2 Å². The van der Waals surface area contributed by atoms with Crippen molar-refractivity contribution in [3.05, 3.63) is 40.1 Å². The lowest BCUT2D eigenvalue weighted by Gasteiger charge is -2.20. The Bertz CT molecular complexity index is 1150. The second kappa shape index (κ2) is 7.88. The van der Waals surface area contributed by atoms with E-state index in [1.807, 2.05) is 30.6 Å². The number of benzene rings is 1. The first kappa shape index (κ1) is 21.5. The molecule has 1 unspecified atom stereocenters. The van der Waals surface area contributed by atoms with Crippen molar-refractivity contribution in [1.82, 2.24) is 19.4 Å². The first-order chi connectivity index (χ1) is 15.2. The summed E-state index contributed by atoms with van der Waals surface area (Å²) in [5.74, 6) is 0. The third kappa shape index (κ3) is 3.81. The van der Waals surface area contributed by atoms with Crippen LogP contribution in [0.1, 0.15) is 72.6 Å². The maximum atomic E-state index is 13.0. The molecule has 1 atom stereocenters. The largest absolute Gasteiger partial charge is 0.333 e. The summed E-state index contributed by atoms with van der Waals surface area (Å²) >= 11 is 0. The highest BCUT2D eigenvalue weighted by Gasteiger charge is 2.33. The zero-order valence-electron chi connectivity index (χ0n) is 18.9. The Kier molecular flexibility index (Phi) is 5.28. The van der Waals surface area contributed by atoms with Gasteiger partial charge >= 0.3 is 6.03 Å². The van der Waals surface area contributed by atoms with Gasteiger partial charge in [-0.15, -0.1) is 0 Å². The SMILES string of the molecule is CC(c1cc(S(=O)(=O)NC(=O)Nc2c3c(cc4c2CCC4)CCC3)nn1C1CC1)N(C)C. The molecule has 0 bridgehead atoms. The van der Waals surface area contributed by atoms with Crippen molar-refractivity contribution < 1.29 is 13.2 Å². The summed E-state index contributed by atoms with van der Waals surface area (Å²) in [6.45, 7) is 2.02. The molecule has 3 aliphatic rings. The van der Waals surface area contributed by atoms with Crippen LogP contribution in [-0.2, 0) is 35.7 Å². The van der Waals surface area contributed by atoms with Crippen LogP contribution in [0.2, 0.25) is 0 Å². The lowest BCUT2D eigenvalue weighted by Crippen LogP contribution is -2.35. The molecule has 0 saturated heterocycles. The van der Waals surface area contributed by atoms with E-state index in [9.17, 15) is 13.2 Å². The molecule has 2 amide bonds. The Hall–Kier alpha value is -2.39. The molecule has 172 valence electrons. The smallest absolute Gasteiger partial charge is 0.307 e. The molecule has 1 saturated carbocycles. The van der Waals surface area contributed by atoms with Crippen molar-refractivity contribution in [1.29, 1.82) is 0 Å². The van der Waals surface area contributed by atoms with Gasteiger partial charge in [0, 0.05) is 17.8 Å². The van der Waals surface area contributed by atoms with Gasteiger partial charge in [0.15, 0.2) is 5.03 Å². The van der Waals surface area contributed by atoms with Gasteiger partial charge in [-0.3, -0.25) is 4.68 Å². The molecule has 3 aliphatic carbocycles. The molecular formula is C23H31N5O3S. The second-order valence-electron chi connectivity index (χ2n) is 9.52. The number of fused-ring (bicyclic) bond motifs is 2. The highest BCUT2D eigenvalue weighted by atomic mass is 32.2. The van der Waals surface area contributed by atoms with Crippen molar-refractivity contribution in [2.75, 3.05) is 19.4 Å². The number of nitrogens with zero attached hydrogens (tertiary/aromatic N) is 3. The molecule has 5 rings (SSSR count). The number of nitrogens with one attached hydrogen (secondary N) is 2. The summed E-state index contributed by atoms with van der Waals surface area (Å²) in [6, 6.07) is 3.40. The number of hydrogen-bond acceptors (Lipinski definition) is 5. The molecule has 32 heavy (non-hydrogen) atoms. The molecule has 9 heteroatoms. The third-order valence-corrected chi connectivity index (χ3v) is 8.26. The van der Waals surface area contributed by atoms with Crippen molar-refractivity contribution in [3.63, 3.8) is 0 Å². The minimum absolute atomic E-state index is 0.00960. The summed E-state index contributed by atoms with van der Waals surface area (Å²) < 4.78 is 30.1. The quantitative estimate of drug-likeness (QED) is 0.694. The standard InChI is InChI=1S/C23H31N5O3S/c1-14(27(2)3)20-13-21(25-28(20)17-10-11-17)32(30,31)26-23(29)24-22-18-8-4-6-15(18)12-16-7-5-9-19(16)22/h12-14,17H,4-11H2,1-3H3,(H2,24,26,29). The number of carbonyl (C=O) groups excluding carboxylic acids is 1. The topological polar surface area (TPSA) is 96.3 Å². The van der Waals surface area contributed by atoms with Gasteiger partial charge in [-0.2, -0.15) is 13.5 Å². The Balaban J connectivity index is 1.40. The van der Waals surface area contributed by atoms with Crippen molar-refractivity contribution in [2.24, 2.45) is 0 Å². The number of rotatable bonds is 6. The normalized spacial score (nSPS) is 18.5. The van der Waals surface area contributed by atoms with Crippen LogP contribution in [0.25, 0.3) is 0 Å². The molecule has 1 fully saturated rings. The number of sulfonamides is 1. The zero-order chi connectivity index (χ0) is 22.6. The van der Waals surface area contributed by atoms with Crippen molar-refractivity contribution in [2.45, 2.75) is 75.4 Å². The van der Waals surface area contributed by atoms with Crippen LogP contribution in [-0.4, -0.2) is 43.2 Å². The summed E-state index contributed by atoms with van der Waals surface area (Å²) in [7, 11) is -0.187. The highest BCUT2D eigenvalue weighted by molar-refractivity contribution is 7.90. The molecule has 0 radical (unpaired) electrons. The maximum Gasteiger partial charge on any atom is 0.333 e. The van der Waals surface area contributed by atoms with Gasteiger partial charge in [0.2, 0.25) is 0 Å². The summed E-state index contributed by atoms with van der Waals surface area (Å²) in [5.41, 5.74) is 6.57. The van der Waals surface area contributed by atoms with E-state index in [0.717, 1.165) is 62.7 Å². The van der Waals surface area contributed by atoms with E-state index >= 15 is 0 Å².